The van der Waals surface area contributed by atoms with Crippen LogP contribution in [0.5, 0.6) is 0 Å². The average molecular weight is 226 g/mol. The largest absolute Gasteiger partial charge is 0.386 e. The highest BCUT2D eigenvalue weighted by Crippen LogP contribution is 2.28. The maximum atomic E-state index is 12.0. The molecule has 4 nitrogen and oxygen atoms in total. The van der Waals surface area contributed by atoms with Crippen LogP contribution in [-0.4, -0.2) is 47.7 Å². The number of carbonyl (C=O) groups is 1. The number of nitrogens with one attached hydrogen (secondary N) is 1. The Balaban J connectivity index is 1.80. The van der Waals surface area contributed by atoms with Crippen molar-refractivity contribution in [1.29, 1.82) is 0 Å². The molecule has 92 valence electrons. The number of nitrogens with zero attached hydrogens (tertiary/aromatic N) is 1. The molecule has 4 heteroatoms. The van der Waals surface area contributed by atoms with Crippen LogP contribution >= 0.6 is 0 Å². The molecule has 2 fully saturated rings. The molecule has 0 aromatic heterocycles. The number of carbonyl (C=O) groups excluding carboxylic acids is 1. The summed E-state index contributed by atoms with van der Waals surface area (Å²) in [5.74, 6) is 0.368. The number of aliphatic hydroxyl groups is 1. The van der Waals surface area contributed by atoms with E-state index in [2.05, 4.69) is 12.2 Å². The van der Waals surface area contributed by atoms with Crippen LogP contribution in [0.1, 0.15) is 32.6 Å². The molecular weight excluding hydrogens is 204 g/mol. The zero-order valence-corrected chi connectivity index (χ0v) is 10.0. The molecule has 16 heavy (non-hydrogen) atoms. The molecule has 2 aliphatic heterocycles. The normalized spacial score (nSPS) is 28.6. The van der Waals surface area contributed by atoms with Gasteiger partial charge in [-0.2, -0.15) is 0 Å². The summed E-state index contributed by atoms with van der Waals surface area (Å²) in [7, 11) is 0. The smallest absolute Gasteiger partial charge is 0.227 e. The fourth-order valence-electron chi connectivity index (χ4n) is 2.76. The fourth-order valence-corrected chi connectivity index (χ4v) is 2.76. The second-order valence-corrected chi connectivity index (χ2v) is 5.21. The van der Waals surface area contributed by atoms with E-state index < -0.39 is 5.60 Å². The van der Waals surface area contributed by atoms with Crippen molar-refractivity contribution in [2.75, 3.05) is 26.2 Å². The fraction of sp³-hybridized carbons (Fsp3) is 0.917. The first-order valence-corrected chi connectivity index (χ1v) is 6.36. The van der Waals surface area contributed by atoms with Crippen LogP contribution in [0, 0.1) is 5.92 Å². The number of rotatable bonds is 3. The quantitative estimate of drug-likeness (QED) is 0.730. The molecule has 0 aromatic rings. The Labute approximate surface area is 97.0 Å². The SMILES string of the molecule is CCCC1(O)CN(C(=O)[C@H]2CCCNC2)C1. The van der Waals surface area contributed by atoms with Gasteiger partial charge in [0.25, 0.3) is 0 Å². The zero-order chi connectivity index (χ0) is 11.6. The third kappa shape index (κ3) is 2.38. The molecule has 0 saturated carbocycles. The van der Waals surface area contributed by atoms with Crippen molar-refractivity contribution in [3.05, 3.63) is 0 Å². The molecule has 1 atom stereocenters. The first kappa shape index (κ1) is 11.9. The lowest BCUT2D eigenvalue weighted by Gasteiger charge is -2.48. The minimum Gasteiger partial charge on any atom is -0.386 e. The molecule has 2 aliphatic rings. The van der Waals surface area contributed by atoms with Gasteiger partial charge in [-0.3, -0.25) is 4.79 Å². The van der Waals surface area contributed by atoms with E-state index in [1.54, 1.807) is 0 Å². The van der Waals surface area contributed by atoms with E-state index >= 15 is 0 Å². The second kappa shape index (κ2) is 4.72. The Morgan fingerprint density at radius 3 is 2.88 bits per heavy atom. The highest BCUT2D eigenvalue weighted by atomic mass is 16.3. The molecule has 0 spiro atoms. The standard InChI is InChI=1S/C12H22N2O2/c1-2-5-12(16)8-14(9-12)11(15)10-4-3-6-13-7-10/h10,13,16H,2-9H2,1H3/t10-/m0/s1. The van der Waals surface area contributed by atoms with E-state index in [4.69, 9.17) is 0 Å². The van der Waals surface area contributed by atoms with Gasteiger partial charge in [0.2, 0.25) is 5.91 Å². The number of likely N-dealkylation sites (tertiary alicyclic amines) is 1. The average Bonchev–Trinajstić information content (AvgIpc) is 2.26. The highest BCUT2D eigenvalue weighted by Gasteiger charge is 2.44. The summed E-state index contributed by atoms with van der Waals surface area (Å²) >= 11 is 0. The van der Waals surface area contributed by atoms with Gasteiger partial charge in [-0.1, -0.05) is 13.3 Å². The monoisotopic (exact) mass is 226 g/mol. The number of β-amino-alcohol motifs (C(OH)–C–C–N with tert-alkyl or cyclic N) is 1. The summed E-state index contributed by atoms with van der Waals surface area (Å²) in [5, 5.41) is 13.3. The van der Waals surface area contributed by atoms with Gasteiger partial charge in [0, 0.05) is 6.54 Å². The molecular formula is C12H22N2O2. The van der Waals surface area contributed by atoms with Gasteiger partial charge in [-0.15, -0.1) is 0 Å². The maximum Gasteiger partial charge on any atom is 0.227 e. The predicted octanol–water partition coefficient (Wildman–Crippen LogP) is 0.359. The Kier molecular flexibility index (Phi) is 3.50. The van der Waals surface area contributed by atoms with Crippen molar-refractivity contribution >= 4 is 5.91 Å². The number of piperidine rings is 1. The number of hydrogen-bond donors (Lipinski definition) is 2. The molecule has 2 heterocycles. The topological polar surface area (TPSA) is 52.6 Å². The Bertz CT molecular complexity index is 256. The van der Waals surface area contributed by atoms with E-state index in [1.807, 2.05) is 4.90 Å². The Morgan fingerprint density at radius 1 is 1.56 bits per heavy atom. The summed E-state index contributed by atoms with van der Waals surface area (Å²) in [6.07, 6.45) is 3.86. The van der Waals surface area contributed by atoms with Crippen molar-refractivity contribution in [3.8, 4) is 0 Å². The van der Waals surface area contributed by atoms with Crippen LogP contribution in [0.3, 0.4) is 0 Å². The van der Waals surface area contributed by atoms with Gasteiger partial charge in [0.1, 0.15) is 0 Å². The van der Waals surface area contributed by atoms with Crippen molar-refractivity contribution < 1.29 is 9.90 Å². The molecule has 1 amide bonds. The highest BCUT2D eigenvalue weighted by molar-refractivity contribution is 5.80. The Hall–Kier alpha value is -0.610. The van der Waals surface area contributed by atoms with Crippen molar-refractivity contribution in [2.45, 2.75) is 38.2 Å². The van der Waals surface area contributed by atoms with Crippen molar-refractivity contribution in [3.63, 3.8) is 0 Å². The maximum absolute atomic E-state index is 12.0. The van der Waals surface area contributed by atoms with E-state index in [9.17, 15) is 9.90 Å². The van der Waals surface area contributed by atoms with Gasteiger partial charge in [0.15, 0.2) is 0 Å². The second-order valence-electron chi connectivity index (χ2n) is 5.21. The van der Waals surface area contributed by atoms with Crippen LogP contribution in [0.4, 0.5) is 0 Å². The number of amides is 1. The molecule has 0 radical (unpaired) electrons. The van der Waals surface area contributed by atoms with Crippen LogP contribution in [0.15, 0.2) is 0 Å². The minimum atomic E-state index is -0.591. The van der Waals surface area contributed by atoms with Crippen molar-refractivity contribution in [2.24, 2.45) is 5.92 Å². The van der Waals surface area contributed by atoms with Crippen molar-refractivity contribution in [1.82, 2.24) is 10.2 Å². The zero-order valence-electron chi connectivity index (χ0n) is 10.0. The van der Waals surface area contributed by atoms with Crippen LogP contribution in [0.25, 0.3) is 0 Å². The van der Waals surface area contributed by atoms with Gasteiger partial charge < -0.3 is 15.3 Å². The van der Waals surface area contributed by atoms with Crippen LogP contribution < -0.4 is 5.32 Å². The lowest BCUT2D eigenvalue weighted by molar-refractivity contribution is -0.161. The summed E-state index contributed by atoms with van der Waals surface area (Å²) < 4.78 is 0. The predicted molar refractivity (Wildman–Crippen MR) is 62.0 cm³/mol. The first-order chi connectivity index (χ1) is 7.64. The molecule has 2 saturated heterocycles. The third-order valence-corrected chi connectivity index (χ3v) is 3.64. The molecule has 2 rings (SSSR count). The van der Waals surface area contributed by atoms with E-state index in [0.29, 0.717) is 13.1 Å². The van der Waals surface area contributed by atoms with Crippen LogP contribution in [0.2, 0.25) is 0 Å². The molecule has 0 aliphatic carbocycles. The van der Waals surface area contributed by atoms with Gasteiger partial charge >= 0.3 is 0 Å². The van der Waals surface area contributed by atoms with Gasteiger partial charge in [0.05, 0.1) is 24.6 Å². The molecule has 0 bridgehead atoms. The van der Waals surface area contributed by atoms with E-state index in [1.165, 1.54) is 0 Å². The first-order valence-electron chi connectivity index (χ1n) is 6.36. The van der Waals surface area contributed by atoms with E-state index in [0.717, 1.165) is 38.8 Å². The van der Waals surface area contributed by atoms with Crippen LogP contribution in [-0.2, 0) is 4.79 Å². The minimum absolute atomic E-state index is 0.139. The van der Waals surface area contributed by atoms with E-state index in [-0.39, 0.29) is 11.8 Å². The molecule has 0 unspecified atom stereocenters. The molecule has 0 aromatic carbocycles. The lowest BCUT2D eigenvalue weighted by Crippen LogP contribution is -2.65. The number of hydrogen-bond acceptors (Lipinski definition) is 3. The van der Waals surface area contributed by atoms with Gasteiger partial charge in [-0.25, -0.2) is 0 Å². The van der Waals surface area contributed by atoms with Gasteiger partial charge in [-0.05, 0) is 25.8 Å². The third-order valence-electron chi connectivity index (χ3n) is 3.64. The summed E-state index contributed by atoms with van der Waals surface area (Å²) in [6, 6.07) is 0. The lowest BCUT2D eigenvalue weighted by atomic mass is 9.87. The summed E-state index contributed by atoms with van der Waals surface area (Å²) in [6.45, 7) is 4.98. The summed E-state index contributed by atoms with van der Waals surface area (Å²) in [4.78, 5) is 13.9. The molecule has 2 N–H and O–H groups in total. The summed E-state index contributed by atoms with van der Waals surface area (Å²) in [5.41, 5.74) is -0.591. The Morgan fingerprint density at radius 2 is 2.31 bits per heavy atom.